The summed E-state index contributed by atoms with van der Waals surface area (Å²) in [5, 5.41) is 3.91. The molecule has 1 amide bonds. The van der Waals surface area contributed by atoms with Crippen molar-refractivity contribution in [3.63, 3.8) is 0 Å². The summed E-state index contributed by atoms with van der Waals surface area (Å²) in [6.45, 7) is 7.80. The highest BCUT2D eigenvalue weighted by Crippen LogP contribution is 2.14. The Morgan fingerprint density at radius 1 is 1.30 bits per heavy atom. The van der Waals surface area contributed by atoms with E-state index in [2.05, 4.69) is 15.0 Å². The van der Waals surface area contributed by atoms with Gasteiger partial charge in [-0.1, -0.05) is 18.1 Å². The number of amides is 1. The number of rotatable bonds is 4. The van der Waals surface area contributed by atoms with Crippen molar-refractivity contribution in [1.82, 2.24) is 19.9 Å². The molecule has 0 bridgehead atoms. The molecule has 0 N–H and O–H groups in total. The van der Waals surface area contributed by atoms with E-state index in [4.69, 9.17) is 4.52 Å². The molecule has 1 aliphatic heterocycles. The first kappa shape index (κ1) is 15.7. The molecule has 1 saturated heterocycles. The van der Waals surface area contributed by atoms with Crippen molar-refractivity contribution >= 4 is 5.91 Å². The van der Waals surface area contributed by atoms with Crippen LogP contribution in [0.5, 0.6) is 0 Å². The van der Waals surface area contributed by atoms with Crippen LogP contribution >= 0.6 is 0 Å². The summed E-state index contributed by atoms with van der Waals surface area (Å²) in [5.74, 6) is 0.915. The number of aromatic nitrogens is 2. The van der Waals surface area contributed by atoms with Crippen molar-refractivity contribution < 1.29 is 9.32 Å². The molecule has 0 radical (unpaired) electrons. The van der Waals surface area contributed by atoms with Crippen LogP contribution in [0.25, 0.3) is 0 Å². The van der Waals surface area contributed by atoms with Gasteiger partial charge in [-0.3, -0.25) is 14.7 Å². The maximum Gasteiger partial charge on any atom is 0.272 e. The molecule has 3 rings (SSSR count). The lowest BCUT2D eigenvalue weighted by molar-refractivity contribution is 0.0610. The predicted molar refractivity (Wildman–Crippen MR) is 86.0 cm³/mol. The molecule has 0 spiro atoms. The summed E-state index contributed by atoms with van der Waals surface area (Å²) in [6.07, 6.45) is 2.51. The third kappa shape index (κ3) is 3.59. The maximum atomic E-state index is 12.7. The Labute approximate surface area is 136 Å². The Morgan fingerprint density at radius 3 is 2.74 bits per heavy atom. The van der Waals surface area contributed by atoms with Crippen molar-refractivity contribution in [2.45, 2.75) is 26.8 Å². The molecular weight excluding hydrogens is 292 g/mol. The number of aryl methyl sites for hydroxylation is 2. The van der Waals surface area contributed by atoms with E-state index in [9.17, 15) is 4.79 Å². The van der Waals surface area contributed by atoms with Gasteiger partial charge in [-0.05, 0) is 25.0 Å². The van der Waals surface area contributed by atoms with Gasteiger partial charge in [0.05, 0.1) is 12.2 Å². The molecule has 0 atom stereocenters. The van der Waals surface area contributed by atoms with Gasteiger partial charge in [-0.2, -0.15) is 0 Å². The quantitative estimate of drug-likeness (QED) is 0.862. The first-order valence-electron chi connectivity index (χ1n) is 8.05. The topological polar surface area (TPSA) is 62.5 Å². The minimum atomic E-state index is 0.0395. The fraction of sp³-hybridized carbons (Fsp3) is 0.471. The highest BCUT2D eigenvalue weighted by molar-refractivity contribution is 5.93. The largest absolute Gasteiger partial charge is 0.360 e. The van der Waals surface area contributed by atoms with Gasteiger partial charge in [-0.25, -0.2) is 0 Å². The van der Waals surface area contributed by atoms with Gasteiger partial charge in [0.15, 0.2) is 5.76 Å². The second-order valence-electron chi connectivity index (χ2n) is 5.87. The van der Waals surface area contributed by atoms with Gasteiger partial charge in [0.25, 0.3) is 5.91 Å². The van der Waals surface area contributed by atoms with Crippen LogP contribution in [0, 0.1) is 6.92 Å². The van der Waals surface area contributed by atoms with Gasteiger partial charge in [0.1, 0.15) is 5.69 Å². The van der Waals surface area contributed by atoms with Crippen molar-refractivity contribution in [1.29, 1.82) is 0 Å². The second-order valence-corrected chi connectivity index (χ2v) is 5.87. The van der Waals surface area contributed by atoms with Crippen LogP contribution in [0.15, 0.2) is 28.9 Å². The summed E-state index contributed by atoms with van der Waals surface area (Å²) in [7, 11) is 0. The lowest BCUT2D eigenvalue weighted by atomic mass is 10.1. The number of piperazine rings is 1. The van der Waals surface area contributed by atoms with Crippen molar-refractivity contribution in [2.75, 3.05) is 26.2 Å². The van der Waals surface area contributed by atoms with Crippen molar-refractivity contribution in [3.8, 4) is 0 Å². The highest BCUT2D eigenvalue weighted by Gasteiger charge is 2.24. The predicted octanol–water partition coefficient (Wildman–Crippen LogP) is 1.90. The van der Waals surface area contributed by atoms with Crippen LogP contribution in [0.4, 0.5) is 0 Å². The third-order valence-corrected chi connectivity index (χ3v) is 4.19. The van der Waals surface area contributed by atoms with Crippen LogP contribution in [0.2, 0.25) is 0 Å². The minimum absolute atomic E-state index is 0.0395. The zero-order valence-corrected chi connectivity index (χ0v) is 13.7. The zero-order chi connectivity index (χ0) is 16.2. The highest BCUT2D eigenvalue weighted by atomic mass is 16.5. The standard InChI is InChI=1S/C17H22N4O2/c1-3-14-5-4-6-18-16(14)17(22)21-9-7-20(8-10-21)12-15-11-13(2)19-23-15/h4-6,11H,3,7-10,12H2,1-2H3. The maximum absolute atomic E-state index is 12.7. The summed E-state index contributed by atoms with van der Waals surface area (Å²) in [6, 6.07) is 5.81. The molecule has 2 aromatic rings. The van der Waals surface area contributed by atoms with Crippen LogP contribution < -0.4 is 0 Å². The lowest BCUT2D eigenvalue weighted by Gasteiger charge is -2.34. The molecule has 23 heavy (non-hydrogen) atoms. The lowest BCUT2D eigenvalue weighted by Crippen LogP contribution is -2.48. The van der Waals surface area contributed by atoms with E-state index in [1.54, 1.807) is 6.20 Å². The second kappa shape index (κ2) is 6.91. The van der Waals surface area contributed by atoms with Gasteiger partial charge in [0, 0.05) is 38.4 Å². The van der Waals surface area contributed by atoms with E-state index in [1.165, 1.54) is 0 Å². The van der Waals surface area contributed by atoms with Gasteiger partial charge >= 0.3 is 0 Å². The van der Waals surface area contributed by atoms with Crippen molar-refractivity contribution in [2.24, 2.45) is 0 Å². The molecule has 1 fully saturated rings. The Morgan fingerprint density at radius 2 is 2.09 bits per heavy atom. The monoisotopic (exact) mass is 314 g/mol. The molecule has 1 aliphatic rings. The molecule has 0 aliphatic carbocycles. The van der Waals surface area contributed by atoms with Crippen molar-refractivity contribution in [3.05, 3.63) is 47.1 Å². The molecule has 0 unspecified atom stereocenters. The first-order valence-corrected chi connectivity index (χ1v) is 8.05. The number of carbonyl (C=O) groups is 1. The van der Waals surface area contributed by atoms with E-state index in [0.717, 1.165) is 43.1 Å². The smallest absolute Gasteiger partial charge is 0.272 e. The fourth-order valence-electron chi connectivity index (χ4n) is 2.89. The molecule has 2 aromatic heterocycles. The molecule has 6 nitrogen and oxygen atoms in total. The number of pyridine rings is 1. The average Bonchev–Trinajstić information content (AvgIpc) is 3.00. The van der Waals surface area contributed by atoms with E-state index < -0.39 is 0 Å². The van der Waals surface area contributed by atoms with Gasteiger partial charge in [0.2, 0.25) is 0 Å². The molecule has 0 saturated carbocycles. The summed E-state index contributed by atoms with van der Waals surface area (Å²) >= 11 is 0. The van der Waals surface area contributed by atoms with E-state index in [1.807, 2.05) is 36.9 Å². The average molecular weight is 314 g/mol. The van der Waals surface area contributed by atoms with Crippen LogP contribution in [0.3, 0.4) is 0 Å². The molecule has 3 heterocycles. The van der Waals surface area contributed by atoms with E-state index in [-0.39, 0.29) is 5.91 Å². The number of hydrogen-bond acceptors (Lipinski definition) is 5. The molecule has 122 valence electrons. The number of hydrogen-bond donors (Lipinski definition) is 0. The Kier molecular flexibility index (Phi) is 4.71. The zero-order valence-electron chi connectivity index (χ0n) is 13.7. The summed E-state index contributed by atoms with van der Waals surface area (Å²) in [4.78, 5) is 21.1. The summed E-state index contributed by atoms with van der Waals surface area (Å²) < 4.78 is 5.26. The third-order valence-electron chi connectivity index (χ3n) is 4.19. The van der Waals surface area contributed by atoms with Crippen LogP contribution in [-0.2, 0) is 13.0 Å². The summed E-state index contributed by atoms with van der Waals surface area (Å²) in [5.41, 5.74) is 2.50. The minimum Gasteiger partial charge on any atom is -0.360 e. The fourth-order valence-corrected chi connectivity index (χ4v) is 2.89. The molecular formula is C17H22N4O2. The molecule has 6 heteroatoms. The molecule has 0 aromatic carbocycles. The number of nitrogens with zero attached hydrogens (tertiary/aromatic N) is 4. The van der Waals surface area contributed by atoms with Crippen LogP contribution in [-0.4, -0.2) is 52.0 Å². The van der Waals surface area contributed by atoms with E-state index in [0.29, 0.717) is 18.8 Å². The Balaban J connectivity index is 1.59. The SMILES string of the molecule is CCc1cccnc1C(=O)N1CCN(Cc2cc(C)no2)CC1. The van der Waals surface area contributed by atoms with Gasteiger partial charge < -0.3 is 9.42 Å². The van der Waals surface area contributed by atoms with Crippen LogP contribution in [0.1, 0.15) is 34.4 Å². The first-order chi connectivity index (χ1) is 11.2. The number of carbonyl (C=O) groups excluding carboxylic acids is 1. The van der Waals surface area contributed by atoms with E-state index >= 15 is 0 Å². The Bertz CT molecular complexity index is 675. The normalized spacial score (nSPS) is 15.8. The van der Waals surface area contributed by atoms with Gasteiger partial charge in [-0.15, -0.1) is 0 Å². The Hall–Kier alpha value is -2.21.